The van der Waals surface area contributed by atoms with Gasteiger partial charge in [-0.1, -0.05) is 62.4 Å². The molecule has 1 heterocycles. The molecule has 0 aliphatic heterocycles. The largest absolute Gasteiger partial charge is 0.480 e. The number of carboxylic acids is 1. The van der Waals surface area contributed by atoms with Crippen molar-refractivity contribution in [3.05, 3.63) is 75.7 Å². The summed E-state index contributed by atoms with van der Waals surface area (Å²) < 4.78 is 5.53. The number of fused-ring (bicyclic) bond motifs is 3. The van der Waals surface area contributed by atoms with E-state index < -0.39 is 24.0 Å². The number of hydrogen-bond donors (Lipinski definition) is 3. The lowest BCUT2D eigenvalue weighted by Gasteiger charge is -2.17. The second-order valence-corrected chi connectivity index (χ2v) is 9.66. The van der Waals surface area contributed by atoms with Crippen LogP contribution >= 0.6 is 11.3 Å². The molecule has 1 aromatic heterocycles. The molecule has 182 valence electrons. The Hall–Kier alpha value is -3.72. The fourth-order valence-corrected chi connectivity index (χ4v) is 4.94. The molecular weight excluding hydrogens is 466 g/mol. The molecule has 1 aliphatic rings. The van der Waals surface area contributed by atoms with E-state index in [1.54, 1.807) is 19.2 Å². The highest BCUT2D eigenvalue weighted by Gasteiger charge is 2.29. The van der Waals surface area contributed by atoms with Crippen LogP contribution in [0.5, 0.6) is 0 Å². The van der Waals surface area contributed by atoms with Crippen LogP contribution in [0.4, 0.5) is 4.79 Å². The van der Waals surface area contributed by atoms with Crippen molar-refractivity contribution in [1.29, 1.82) is 0 Å². The fourth-order valence-electron chi connectivity index (χ4n) is 4.21. The van der Waals surface area contributed by atoms with Crippen LogP contribution in [0.15, 0.2) is 53.9 Å². The molecule has 0 saturated heterocycles. The Morgan fingerprint density at radius 1 is 1.06 bits per heavy atom. The maximum absolute atomic E-state index is 12.4. The van der Waals surface area contributed by atoms with Crippen molar-refractivity contribution in [1.82, 2.24) is 15.6 Å². The van der Waals surface area contributed by atoms with E-state index in [4.69, 9.17) is 4.74 Å². The Morgan fingerprint density at radius 3 is 2.29 bits per heavy atom. The van der Waals surface area contributed by atoms with Gasteiger partial charge >= 0.3 is 12.1 Å². The summed E-state index contributed by atoms with van der Waals surface area (Å²) in [6, 6.07) is 15.3. The number of alkyl carbamates (subject to hydrolysis) is 1. The number of nitrogens with zero attached hydrogens (tertiary/aromatic N) is 1. The molecule has 9 heteroatoms. The fraction of sp³-hybridized carbons (Fsp3) is 0.308. The Morgan fingerprint density at radius 2 is 1.69 bits per heavy atom. The van der Waals surface area contributed by atoms with Crippen molar-refractivity contribution in [3.8, 4) is 11.1 Å². The van der Waals surface area contributed by atoms with Crippen LogP contribution in [0.25, 0.3) is 11.1 Å². The SMILES string of the molecule is CC(C)C(NC(=O)Cc1csc(CNC(=O)OCC2c3ccccc3-c3ccccc32)n1)C(=O)O. The number of thiazole rings is 1. The third-order valence-electron chi connectivity index (χ3n) is 5.92. The number of aromatic nitrogens is 1. The predicted molar refractivity (Wildman–Crippen MR) is 132 cm³/mol. The summed E-state index contributed by atoms with van der Waals surface area (Å²) in [5.74, 6) is -1.73. The second-order valence-electron chi connectivity index (χ2n) is 8.72. The summed E-state index contributed by atoms with van der Waals surface area (Å²) >= 11 is 1.31. The number of ether oxygens (including phenoxy) is 1. The molecular formula is C26H27N3O5S. The van der Waals surface area contributed by atoms with E-state index in [0.29, 0.717) is 10.7 Å². The molecule has 0 radical (unpaired) electrons. The van der Waals surface area contributed by atoms with Crippen LogP contribution in [-0.2, 0) is 27.3 Å². The number of aliphatic carboxylic acids is 1. The average Bonchev–Trinajstić information content (AvgIpc) is 3.41. The maximum atomic E-state index is 12.4. The van der Waals surface area contributed by atoms with E-state index in [2.05, 4.69) is 39.9 Å². The van der Waals surface area contributed by atoms with Crippen molar-refractivity contribution in [3.63, 3.8) is 0 Å². The molecule has 2 amide bonds. The molecule has 1 aliphatic carbocycles. The van der Waals surface area contributed by atoms with Gasteiger partial charge in [0.15, 0.2) is 0 Å². The normalized spacial score (nSPS) is 13.1. The number of amides is 2. The lowest BCUT2D eigenvalue weighted by Crippen LogP contribution is -2.44. The number of carboxylic acid groups (broad SMARTS) is 1. The zero-order valence-corrected chi connectivity index (χ0v) is 20.3. The average molecular weight is 494 g/mol. The van der Waals surface area contributed by atoms with Gasteiger partial charge in [0.05, 0.1) is 18.7 Å². The van der Waals surface area contributed by atoms with Gasteiger partial charge in [0, 0.05) is 11.3 Å². The second kappa shape index (κ2) is 10.7. The van der Waals surface area contributed by atoms with Crippen molar-refractivity contribution in [2.24, 2.45) is 5.92 Å². The number of rotatable bonds is 9. The number of benzene rings is 2. The Kier molecular flexibility index (Phi) is 7.45. The minimum Gasteiger partial charge on any atom is -0.480 e. The number of carbonyl (C=O) groups is 3. The van der Waals surface area contributed by atoms with E-state index >= 15 is 0 Å². The van der Waals surface area contributed by atoms with Gasteiger partial charge in [-0.25, -0.2) is 14.6 Å². The van der Waals surface area contributed by atoms with Gasteiger partial charge in [0.1, 0.15) is 17.7 Å². The summed E-state index contributed by atoms with van der Waals surface area (Å²) in [5, 5.41) is 16.8. The molecule has 4 rings (SSSR count). The van der Waals surface area contributed by atoms with Crippen molar-refractivity contribution < 1.29 is 24.2 Å². The third kappa shape index (κ3) is 5.68. The van der Waals surface area contributed by atoms with Crippen LogP contribution in [0, 0.1) is 5.92 Å². The summed E-state index contributed by atoms with van der Waals surface area (Å²) in [6.45, 7) is 3.86. The van der Waals surface area contributed by atoms with Crippen LogP contribution in [0.2, 0.25) is 0 Å². The van der Waals surface area contributed by atoms with Crippen molar-refractivity contribution in [2.45, 2.75) is 38.8 Å². The molecule has 3 aromatic rings. The topological polar surface area (TPSA) is 118 Å². The first kappa shape index (κ1) is 24.4. The highest BCUT2D eigenvalue weighted by molar-refractivity contribution is 7.09. The molecule has 8 nitrogen and oxygen atoms in total. The molecule has 35 heavy (non-hydrogen) atoms. The summed E-state index contributed by atoms with van der Waals surface area (Å²) in [4.78, 5) is 40.2. The quantitative estimate of drug-likeness (QED) is 0.416. The van der Waals surface area contributed by atoms with E-state index in [1.165, 1.54) is 22.5 Å². The lowest BCUT2D eigenvalue weighted by molar-refractivity contribution is -0.143. The highest BCUT2D eigenvalue weighted by atomic mass is 32.1. The molecule has 2 aromatic carbocycles. The maximum Gasteiger partial charge on any atom is 0.407 e. The van der Waals surface area contributed by atoms with E-state index in [-0.39, 0.29) is 31.4 Å². The zero-order valence-electron chi connectivity index (χ0n) is 19.5. The predicted octanol–water partition coefficient (Wildman–Crippen LogP) is 3.95. The van der Waals surface area contributed by atoms with Crippen LogP contribution < -0.4 is 10.6 Å². The summed E-state index contributed by atoms with van der Waals surface area (Å²) in [7, 11) is 0. The van der Waals surface area contributed by atoms with Gasteiger partial charge in [-0.2, -0.15) is 0 Å². The van der Waals surface area contributed by atoms with Gasteiger partial charge in [-0.15, -0.1) is 11.3 Å². The number of hydrogen-bond acceptors (Lipinski definition) is 6. The van der Waals surface area contributed by atoms with Crippen LogP contribution in [-0.4, -0.2) is 40.7 Å². The van der Waals surface area contributed by atoms with Crippen LogP contribution in [0.1, 0.15) is 41.6 Å². The summed E-state index contributed by atoms with van der Waals surface area (Å²) in [6.07, 6.45) is -0.569. The smallest absolute Gasteiger partial charge is 0.407 e. The van der Waals surface area contributed by atoms with Gasteiger partial charge < -0.3 is 20.5 Å². The van der Waals surface area contributed by atoms with Gasteiger partial charge in [0.25, 0.3) is 0 Å². The molecule has 0 saturated carbocycles. The van der Waals surface area contributed by atoms with Crippen LogP contribution in [0.3, 0.4) is 0 Å². The third-order valence-corrected chi connectivity index (χ3v) is 6.82. The Labute approximate surface area is 207 Å². The van der Waals surface area contributed by atoms with Crippen molar-refractivity contribution in [2.75, 3.05) is 6.61 Å². The number of carbonyl (C=O) groups excluding carboxylic acids is 2. The molecule has 0 bridgehead atoms. The standard InChI is InChI=1S/C26H27N3O5S/c1-15(2)24(25(31)32)29-22(30)11-16-14-35-23(28-16)12-27-26(33)34-13-21-19-9-5-3-7-17(19)18-8-4-6-10-20(18)21/h3-10,14-15,21,24H,11-13H2,1-2H3,(H,27,33)(H,29,30)(H,31,32). The highest BCUT2D eigenvalue weighted by Crippen LogP contribution is 2.44. The first-order chi connectivity index (χ1) is 16.8. The first-order valence-corrected chi connectivity index (χ1v) is 12.3. The van der Waals surface area contributed by atoms with E-state index in [0.717, 1.165) is 11.1 Å². The zero-order chi connectivity index (χ0) is 24.9. The van der Waals surface area contributed by atoms with Gasteiger partial charge in [0.2, 0.25) is 5.91 Å². The molecule has 0 fully saturated rings. The monoisotopic (exact) mass is 493 g/mol. The lowest BCUT2D eigenvalue weighted by atomic mass is 9.98. The summed E-state index contributed by atoms with van der Waals surface area (Å²) in [5.41, 5.74) is 5.14. The van der Waals surface area contributed by atoms with Gasteiger partial charge in [-0.05, 0) is 28.2 Å². The molecule has 3 N–H and O–H groups in total. The first-order valence-electron chi connectivity index (χ1n) is 11.4. The number of nitrogens with one attached hydrogen (secondary N) is 2. The minimum absolute atomic E-state index is 0.0152. The molecule has 0 spiro atoms. The Bertz CT molecular complexity index is 1190. The van der Waals surface area contributed by atoms with Crippen molar-refractivity contribution >= 4 is 29.3 Å². The van der Waals surface area contributed by atoms with Gasteiger partial charge in [-0.3, -0.25) is 4.79 Å². The minimum atomic E-state index is -1.07. The molecule has 1 atom stereocenters. The van der Waals surface area contributed by atoms with E-state index in [1.807, 2.05) is 24.3 Å². The van der Waals surface area contributed by atoms with E-state index in [9.17, 15) is 19.5 Å². The molecule has 1 unspecified atom stereocenters. The Balaban J connectivity index is 1.27.